The van der Waals surface area contributed by atoms with Crippen molar-refractivity contribution in [3.63, 3.8) is 0 Å². The van der Waals surface area contributed by atoms with Gasteiger partial charge in [-0.3, -0.25) is 15.1 Å². The molecule has 2 rings (SSSR count). The Kier molecular flexibility index (Phi) is 4.12. The highest BCUT2D eigenvalue weighted by Crippen LogP contribution is 2.17. The number of nitrogens with one attached hydrogen (secondary N) is 2. The van der Waals surface area contributed by atoms with Crippen LogP contribution in [0.5, 0.6) is 0 Å². The van der Waals surface area contributed by atoms with E-state index in [1.165, 1.54) is 6.42 Å². The fourth-order valence-electron chi connectivity index (χ4n) is 2.36. The molecule has 0 spiro atoms. The zero-order valence-corrected chi connectivity index (χ0v) is 11.0. The maximum Gasteiger partial charge on any atom is 0.255 e. The van der Waals surface area contributed by atoms with Crippen molar-refractivity contribution < 1.29 is 0 Å². The molecule has 0 atom stereocenters. The third-order valence-corrected chi connectivity index (χ3v) is 3.60. The molecule has 5 heteroatoms. The Morgan fingerprint density at radius 2 is 2.12 bits per heavy atom. The number of H-pyrrole nitrogens is 1. The number of rotatable bonds is 3. The summed E-state index contributed by atoms with van der Waals surface area (Å²) in [5.74, 6) is 0. The first-order valence-electron chi connectivity index (χ1n) is 6.29. The minimum atomic E-state index is 0.0136. The van der Waals surface area contributed by atoms with E-state index in [9.17, 15) is 4.79 Å². The average Bonchev–Trinajstić information content (AvgIpc) is 2.54. The third-order valence-electron chi connectivity index (χ3n) is 3.27. The Bertz CT molecular complexity index is 503. The van der Waals surface area contributed by atoms with Crippen molar-refractivity contribution in [2.75, 3.05) is 6.54 Å². The van der Waals surface area contributed by atoms with Crippen molar-refractivity contribution in [2.24, 2.45) is 0 Å². The molecule has 0 amide bonds. The molecule has 2 N–H and O–H groups in total. The van der Waals surface area contributed by atoms with Crippen LogP contribution in [-0.4, -0.2) is 16.1 Å². The number of nitrogens with zero attached hydrogens (tertiary/aromatic N) is 1. The first-order chi connectivity index (χ1) is 8.24. The highest BCUT2D eigenvalue weighted by atomic mass is 32.1. The molecule has 1 heterocycles. The van der Waals surface area contributed by atoms with E-state index in [4.69, 9.17) is 12.2 Å². The van der Waals surface area contributed by atoms with Gasteiger partial charge in [0.1, 0.15) is 0 Å². The second-order valence-corrected chi connectivity index (χ2v) is 4.82. The number of aromatic amines is 1. The van der Waals surface area contributed by atoms with Gasteiger partial charge in [0.2, 0.25) is 0 Å². The lowest BCUT2D eigenvalue weighted by atomic mass is 10.1. The standard InChI is InChI=1S/C12H19N3OS/c1-2-13-8-15-10-7-5-3-4-6-9(10)11(16)14-12(15)17/h13H,2-8H2,1H3,(H,14,16,17). The molecule has 0 fully saturated rings. The lowest BCUT2D eigenvalue weighted by Gasteiger charge is -2.15. The van der Waals surface area contributed by atoms with Crippen molar-refractivity contribution in [3.05, 3.63) is 26.4 Å². The predicted molar refractivity (Wildman–Crippen MR) is 70.8 cm³/mol. The van der Waals surface area contributed by atoms with Crippen LogP contribution in [0.15, 0.2) is 4.79 Å². The predicted octanol–water partition coefficient (Wildman–Crippen LogP) is 1.74. The van der Waals surface area contributed by atoms with E-state index in [-0.39, 0.29) is 5.56 Å². The molecule has 0 saturated carbocycles. The van der Waals surface area contributed by atoms with Gasteiger partial charge in [-0.1, -0.05) is 13.3 Å². The van der Waals surface area contributed by atoms with Gasteiger partial charge in [-0.15, -0.1) is 0 Å². The molecule has 1 aliphatic carbocycles. The van der Waals surface area contributed by atoms with Crippen LogP contribution in [0.1, 0.15) is 37.4 Å². The van der Waals surface area contributed by atoms with Gasteiger partial charge in [0, 0.05) is 11.3 Å². The summed E-state index contributed by atoms with van der Waals surface area (Å²) >= 11 is 5.25. The summed E-state index contributed by atoms with van der Waals surface area (Å²) in [6.45, 7) is 3.65. The topological polar surface area (TPSA) is 49.8 Å². The summed E-state index contributed by atoms with van der Waals surface area (Å²) in [4.78, 5) is 14.7. The third kappa shape index (κ3) is 2.66. The Labute approximate surface area is 106 Å². The van der Waals surface area contributed by atoms with Gasteiger partial charge in [0.15, 0.2) is 4.77 Å². The molecule has 1 aliphatic rings. The molecule has 0 bridgehead atoms. The van der Waals surface area contributed by atoms with E-state index in [1.807, 2.05) is 4.57 Å². The summed E-state index contributed by atoms with van der Waals surface area (Å²) in [5.41, 5.74) is 2.09. The molecule has 94 valence electrons. The van der Waals surface area contributed by atoms with E-state index < -0.39 is 0 Å². The van der Waals surface area contributed by atoms with E-state index in [0.717, 1.165) is 43.5 Å². The largest absolute Gasteiger partial charge is 0.309 e. The van der Waals surface area contributed by atoms with Crippen LogP contribution in [-0.2, 0) is 19.5 Å². The van der Waals surface area contributed by atoms with Crippen molar-refractivity contribution in [3.8, 4) is 0 Å². The van der Waals surface area contributed by atoms with Crippen molar-refractivity contribution in [1.29, 1.82) is 0 Å². The average molecular weight is 253 g/mol. The molecule has 0 aromatic carbocycles. The molecular weight excluding hydrogens is 234 g/mol. The van der Waals surface area contributed by atoms with Gasteiger partial charge in [-0.05, 0) is 44.4 Å². The van der Waals surface area contributed by atoms with E-state index in [0.29, 0.717) is 11.4 Å². The van der Waals surface area contributed by atoms with Gasteiger partial charge in [-0.25, -0.2) is 0 Å². The highest BCUT2D eigenvalue weighted by molar-refractivity contribution is 7.71. The maximum atomic E-state index is 11.9. The molecule has 4 nitrogen and oxygen atoms in total. The zero-order valence-electron chi connectivity index (χ0n) is 10.2. The Morgan fingerprint density at radius 3 is 2.88 bits per heavy atom. The molecule has 17 heavy (non-hydrogen) atoms. The molecule has 0 aliphatic heterocycles. The van der Waals surface area contributed by atoms with Crippen LogP contribution in [0.25, 0.3) is 0 Å². The first-order valence-corrected chi connectivity index (χ1v) is 6.70. The quantitative estimate of drug-likeness (QED) is 0.637. The summed E-state index contributed by atoms with van der Waals surface area (Å²) in [6, 6.07) is 0. The van der Waals surface area contributed by atoms with Crippen LogP contribution >= 0.6 is 12.2 Å². The SMILES string of the molecule is CCNCn1c2c(c(=O)[nH]c1=S)CCCCC2. The van der Waals surface area contributed by atoms with Gasteiger partial charge < -0.3 is 4.57 Å². The molecule has 0 saturated heterocycles. The zero-order chi connectivity index (χ0) is 12.3. The number of aromatic nitrogens is 2. The van der Waals surface area contributed by atoms with Crippen LogP contribution in [0.2, 0.25) is 0 Å². The van der Waals surface area contributed by atoms with Gasteiger partial charge in [0.25, 0.3) is 5.56 Å². The molecule has 1 aromatic heterocycles. The second kappa shape index (κ2) is 5.60. The first kappa shape index (κ1) is 12.5. The number of fused-ring (bicyclic) bond motifs is 1. The van der Waals surface area contributed by atoms with E-state index >= 15 is 0 Å². The number of hydrogen-bond acceptors (Lipinski definition) is 3. The van der Waals surface area contributed by atoms with Gasteiger partial charge >= 0.3 is 0 Å². The Morgan fingerprint density at radius 1 is 1.35 bits per heavy atom. The minimum Gasteiger partial charge on any atom is -0.309 e. The normalized spacial score (nSPS) is 15.4. The fourth-order valence-corrected chi connectivity index (χ4v) is 2.63. The summed E-state index contributed by atoms with van der Waals surface area (Å²) in [7, 11) is 0. The molecule has 1 aromatic rings. The fraction of sp³-hybridized carbons (Fsp3) is 0.667. The van der Waals surface area contributed by atoms with Crippen LogP contribution in [0, 0.1) is 4.77 Å². The van der Waals surface area contributed by atoms with E-state index in [2.05, 4.69) is 17.2 Å². The minimum absolute atomic E-state index is 0.0136. The molecule has 0 radical (unpaired) electrons. The van der Waals surface area contributed by atoms with E-state index in [1.54, 1.807) is 0 Å². The molecular formula is C12H19N3OS. The van der Waals surface area contributed by atoms with Gasteiger partial charge in [0.05, 0.1) is 6.67 Å². The maximum absolute atomic E-state index is 11.9. The Hall–Kier alpha value is -0.940. The monoisotopic (exact) mass is 253 g/mol. The Balaban J connectivity index is 2.50. The summed E-state index contributed by atoms with van der Waals surface area (Å²) in [5, 5.41) is 3.27. The van der Waals surface area contributed by atoms with Crippen LogP contribution in [0.3, 0.4) is 0 Å². The number of hydrogen-bond donors (Lipinski definition) is 2. The van der Waals surface area contributed by atoms with Crippen LogP contribution < -0.4 is 10.9 Å². The highest BCUT2D eigenvalue weighted by Gasteiger charge is 2.15. The van der Waals surface area contributed by atoms with Crippen molar-refractivity contribution >= 4 is 12.2 Å². The van der Waals surface area contributed by atoms with Crippen molar-refractivity contribution in [1.82, 2.24) is 14.9 Å². The lowest BCUT2D eigenvalue weighted by Crippen LogP contribution is -2.27. The van der Waals surface area contributed by atoms with Crippen LogP contribution in [0.4, 0.5) is 0 Å². The summed E-state index contributed by atoms with van der Waals surface area (Å²) < 4.78 is 2.58. The lowest BCUT2D eigenvalue weighted by molar-refractivity contribution is 0.531. The summed E-state index contributed by atoms with van der Waals surface area (Å²) in [6.07, 6.45) is 5.30. The second-order valence-electron chi connectivity index (χ2n) is 4.43. The smallest absolute Gasteiger partial charge is 0.255 e. The van der Waals surface area contributed by atoms with Crippen molar-refractivity contribution in [2.45, 2.75) is 45.7 Å². The van der Waals surface area contributed by atoms with Gasteiger partial charge in [-0.2, -0.15) is 0 Å². The molecule has 0 unspecified atom stereocenters.